The molecule has 10 heteroatoms. The van der Waals surface area contributed by atoms with Gasteiger partial charge in [0.05, 0.1) is 11.4 Å². The van der Waals surface area contributed by atoms with Crippen LogP contribution in [-0.2, 0) is 26.2 Å². The molecule has 1 atom stereocenters. The maximum absolute atomic E-state index is 13.2. The van der Waals surface area contributed by atoms with Crippen molar-refractivity contribution in [2.24, 2.45) is 0 Å². The summed E-state index contributed by atoms with van der Waals surface area (Å²) >= 11 is 9.24. The van der Waals surface area contributed by atoms with Gasteiger partial charge in [0, 0.05) is 29.6 Å². The molecule has 0 aliphatic heterocycles. The minimum atomic E-state index is -3.91. The van der Waals surface area contributed by atoms with Gasteiger partial charge >= 0.3 is 0 Å². The Bertz CT molecular complexity index is 1050. The Morgan fingerprint density at radius 3 is 2.27 bits per heavy atom. The van der Waals surface area contributed by atoms with Gasteiger partial charge in [-0.25, -0.2) is 8.42 Å². The normalized spacial score (nSPS) is 12.4. The molecule has 0 radical (unpaired) electrons. The quantitative estimate of drug-likeness (QED) is 0.422. The average molecular weight is 559 g/mol. The van der Waals surface area contributed by atoms with Crippen molar-refractivity contribution in [3.8, 4) is 0 Å². The molecule has 7 nitrogen and oxygen atoms in total. The van der Waals surface area contributed by atoms with Crippen molar-refractivity contribution in [3.63, 3.8) is 0 Å². The molecule has 2 aromatic rings. The molecule has 2 rings (SSSR count). The predicted octanol–water partition coefficient (Wildman–Crippen LogP) is 4.06. The average Bonchev–Trinajstić information content (AvgIpc) is 2.78. The topological polar surface area (TPSA) is 86.8 Å². The fourth-order valence-electron chi connectivity index (χ4n) is 3.06. The Labute approximate surface area is 209 Å². The summed E-state index contributed by atoms with van der Waals surface area (Å²) in [7, 11) is -2.57. The summed E-state index contributed by atoms with van der Waals surface area (Å²) in [6.45, 7) is 3.95. The number of benzene rings is 2. The van der Waals surface area contributed by atoms with Crippen molar-refractivity contribution in [1.29, 1.82) is 0 Å². The van der Waals surface area contributed by atoms with Gasteiger partial charge in [0.25, 0.3) is 0 Å². The molecule has 1 N–H and O–H groups in total. The number of rotatable bonds is 11. The van der Waals surface area contributed by atoms with Gasteiger partial charge < -0.3 is 10.2 Å². The number of nitrogens with zero attached hydrogens (tertiary/aromatic N) is 2. The number of hydrogen-bond donors (Lipinski definition) is 1. The highest BCUT2D eigenvalue weighted by atomic mass is 79.9. The van der Waals surface area contributed by atoms with E-state index in [2.05, 4.69) is 21.2 Å². The van der Waals surface area contributed by atoms with Gasteiger partial charge in [-0.1, -0.05) is 53.0 Å². The minimum absolute atomic E-state index is 0.0343. The van der Waals surface area contributed by atoms with Gasteiger partial charge in [0.15, 0.2) is 0 Å². The van der Waals surface area contributed by atoms with Gasteiger partial charge in [-0.3, -0.25) is 9.59 Å². The van der Waals surface area contributed by atoms with Gasteiger partial charge in [0.2, 0.25) is 21.8 Å². The smallest absolute Gasteiger partial charge is 0.243 e. The van der Waals surface area contributed by atoms with Crippen molar-refractivity contribution in [2.45, 2.75) is 44.2 Å². The summed E-state index contributed by atoms with van der Waals surface area (Å²) < 4.78 is 27.7. The lowest BCUT2D eigenvalue weighted by Crippen LogP contribution is -2.50. The maximum Gasteiger partial charge on any atom is 0.243 e. The fraction of sp³-hybridized carbons (Fsp3) is 0.391. The van der Waals surface area contributed by atoms with Crippen LogP contribution in [0.4, 0.5) is 0 Å². The molecule has 0 aromatic heterocycles. The number of carbonyl (C=O) groups excluding carboxylic acids is 2. The van der Waals surface area contributed by atoms with E-state index >= 15 is 0 Å². The number of unbranched alkanes of at least 4 members (excludes halogenated alkanes) is 1. The number of nitrogens with one attached hydrogen (secondary N) is 1. The first-order valence-corrected chi connectivity index (χ1v) is 13.2. The molecular formula is C23H29BrClN3O4S. The molecule has 0 saturated carbocycles. The summed E-state index contributed by atoms with van der Waals surface area (Å²) in [6.07, 6.45) is 1.77. The van der Waals surface area contributed by atoms with E-state index in [4.69, 9.17) is 11.6 Å². The SMILES string of the molecule is CCCCNC(=O)C(C)N(Cc1ccc(Br)cc1)C(=O)CN(C)S(=O)(=O)c1ccc(Cl)cc1. The standard InChI is InChI=1S/C23H29BrClN3O4S/c1-4-5-14-26-23(30)17(2)28(15-18-6-8-19(24)9-7-18)22(29)16-27(3)33(31,32)21-12-10-20(25)11-13-21/h6-13,17H,4-5,14-16H2,1-3H3,(H,26,30). The lowest BCUT2D eigenvalue weighted by molar-refractivity contribution is -0.140. The molecule has 0 aliphatic carbocycles. The van der Waals surface area contributed by atoms with E-state index in [1.165, 1.54) is 36.2 Å². The Morgan fingerprint density at radius 1 is 1.09 bits per heavy atom. The molecule has 180 valence electrons. The Kier molecular flexibility index (Phi) is 10.3. The van der Waals surface area contributed by atoms with Gasteiger partial charge in [-0.15, -0.1) is 0 Å². The van der Waals surface area contributed by atoms with Crippen LogP contribution in [0.3, 0.4) is 0 Å². The van der Waals surface area contributed by atoms with Crippen LogP contribution >= 0.6 is 27.5 Å². The molecule has 0 fully saturated rings. The first-order chi connectivity index (χ1) is 15.6. The van der Waals surface area contributed by atoms with Crippen LogP contribution in [0.15, 0.2) is 57.9 Å². The molecule has 1 unspecified atom stereocenters. The van der Waals surface area contributed by atoms with E-state index in [1.807, 2.05) is 31.2 Å². The molecule has 2 amide bonds. The van der Waals surface area contributed by atoms with Crippen molar-refractivity contribution >= 4 is 49.4 Å². The van der Waals surface area contributed by atoms with E-state index < -0.39 is 28.5 Å². The fourth-order valence-corrected chi connectivity index (χ4v) is 4.57. The largest absolute Gasteiger partial charge is 0.354 e. The lowest BCUT2D eigenvalue weighted by atomic mass is 10.1. The molecule has 0 heterocycles. The first-order valence-electron chi connectivity index (χ1n) is 10.6. The molecule has 2 aromatic carbocycles. The van der Waals surface area contributed by atoms with Crippen LogP contribution in [-0.4, -0.2) is 55.6 Å². The van der Waals surface area contributed by atoms with E-state index in [9.17, 15) is 18.0 Å². The highest BCUT2D eigenvalue weighted by Gasteiger charge is 2.30. The third-order valence-electron chi connectivity index (χ3n) is 5.14. The van der Waals surface area contributed by atoms with Gasteiger partial charge in [-0.05, 0) is 55.3 Å². The second kappa shape index (κ2) is 12.5. The third kappa shape index (κ3) is 7.81. The summed E-state index contributed by atoms with van der Waals surface area (Å²) in [5.41, 5.74) is 0.822. The van der Waals surface area contributed by atoms with Crippen LogP contribution in [0.2, 0.25) is 5.02 Å². The number of sulfonamides is 1. The maximum atomic E-state index is 13.2. The van der Waals surface area contributed by atoms with Crippen LogP contribution in [0.5, 0.6) is 0 Å². The zero-order valence-electron chi connectivity index (χ0n) is 18.9. The first kappa shape index (κ1) is 27.3. The van der Waals surface area contributed by atoms with E-state index in [-0.39, 0.29) is 17.3 Å². The summed E-state index contributed by atoms with van der Waals surface area (Å²) in [4.78, 5) is 27.4. The van der Waals surface area contributed by atoms with Crippen molar-refractivity contribution in [1.82, 2.24) is 14.5 Å². The highest BCUT2D eigenvalue weighted by Crippen LogP contribution is 2.19. The monoisotopic (exact) mass is 557 g/mol. The second-order valence-electron chi connectivity index (χ2n) is 7.68. The summed E-state index contributed by atoms with van der Waals surface area (Å²) in [5.74, 6) is -0.756. The zero-order chi connectivity index (χ0) is 24.6. The van der Waals surface area contributed by atoms with E-state index in [0.717, 1.165) is 27.2 Å². The zero-order valence-corrected chi connectivity index (χ0v) is 22.1. The Morgan fingerprint density at radius 2 is 1.70 bits per heavy atom. The minimum Gasteiger partial charge on any atom is -0.354 e. The number of amides is 2. The van der Waals surface area contributed by atoms with E-state index in [1.54, 1.807) is 6.92 Å². The Hall–Kier alpha value is -1.94. The molecule has 0 aliphatic rings. The number of likely N-dealkylation sites (N-methyl/N-ethyl adjacent to an activating group) is 1. The van der Waals surface area contributed by atoms with Crippen molar-refractivity contribution in [3.05, 3.63) is 63.6 Å². The van der Waals surface area contributed by atoms with Crippen LogP contribution < -0.4 is 5.32 Å². The van der Waals surface area contributed by atoms with Gasteiger partial charge in [-0.2, -0.15) is 4.31 Å². The van der Waals surface area contributed by atoms with Crippen LogP contribution in [0.1, 0.15) is 32.3 Å². The molecule has 0 saturated heterocycles. The van der Waals surface area contributed by atoms with E-state index in [0.29, 0.717) is 11.6 Å². The second-order valence-corrected chi connectivity index (χ2v) is 11.1. The number of hydrogen-bond acceptors (Lipinski definition) is 4. The number of halogens is 2. The summed E-state index contributed by atoms with van der Waals surface area (Å²) in [6, 6.07) is 12.4. The molecule has 0 spiro atoms. The molecule has 0 bridgehead atoms. The van der Waals surface area contributed by atoms with Crippen molar-refractivity contribution in [2.75, 3.05) is 20.1 Å². The van der Waals surface area contributed by atoms with Crippen LogP contribution in [0.25, 0.3) is 0 Å². The third-order valence-corrected chi connectivity index (χ3v) is 7.74. The summed E-state index contributed by atoms with van der Waals surface area (Å²) in [5, 5.41) is 3.26. The predicted molar refractivity (Wildman–Crippen MR) is 133 cm³/mol. The highest BCUT2D eigenvalue weighted by molar-refractivity contribution is 9.10. The molecular weight excluding hydrogens is 530 g/mol. The van der Waals surface area contributed by atoms with Crippen molar-refractivity contribution < 1.29 is 18.0 Å². The lowest BCUT2D eigenvalue weighted by Gasteiger charge is -2.30. The molecule has 33 heavy (non-hydrogen) atoms. The number of carbonyl (C=O) groups is 2. The van der Waals surface area contributed by atoms with Gasteiger partial charge in [0.1, 0.15) is 6.04 Å². The van der Waals surface area contributed by atoms with Crippen LogP contribution in [0, 0.1) is 0 Å². The Balaban J connectivity index is 2.22.